The van der Waals surface area contributed by atoms with Crippen molar-refractivity contribution in [2.45, 2.75) is 11.9 Å². The molecule has 124 valence electrons. The van der Waals surface area contributed by atoms with Crippen molar-refractivity contribution in [3.8, 4) is 5.75 Å². The zero-order chi connectivity index (χ0) is 17.0. The average Bonchev–Trinajstić information content (AvgIpc) is 2.47. The van der Waals surface area contributed by atoms with E-state index in [0.29, 0.717) is 5.56 Å². The van der Waals surface area contributed by atoms with Crippen LogP contribution in [0.3, 0.4) is 0 Å². The second-order valence-corrected chi connectivity index (χ2v) is 7.20. The lowest BCUT2D eigenvalue weighted by Gasteiger charge is -2.12. The van der Waals surface area contributed by atoms with Gasteiger partial charge in [-0.2, -0.15) is 0 Å². The Morgan fingerprint density at radius 1 is 1.13 bits per heavy atom. The van der Waals surface area contributed by atoms with Crippen LogP contribution in [0.25, 0.3) is 0 Å². The summed E-state index contributed by atoms with van der Waals surface area (Å²) >= 11 is 0. The molecule has 0 spiro atoms. The average molecular weight is 342 g/mol. The van der Waals surface area contributed by atoms with Crippen LogP contribution in [0.1, 0.15) is 17.2 Å². The van der Waals surface area contributed by atoms with E-state index in [2.05, 4.69) is 0 Å². The minimum absolute atomic E-state index is 0.0255. The summed E-state index contributed by atoms with van der Waals surface area (Å²) in [4.78, 5) is 0. The Labute approximate surface area is 133 Å². The fourth-order valence-electron chi connectivity index (χ4n) is 2.13. The van der Waals surface area contributed by atoms with Gasteiger partial charge in [0, 0.05) is 0 Å². The molecule has 1 N–H and O–H groups in total. The molecule has 0 saturated carbocycles. The van der Waals surface area contributed by atoms with E-state index in [1.54, 1.807) is 0 Å². The van der Waals surface area contributed by atoms with Gasteiger partial charge in [-0.15, -0.1) is 0 Å². The summed E-state index contributed by atoms with van der Waals surface area (Å²) in [5.74, 6) is -2.05. The van der Waals surface area contributed by atoms with Crippen molar-refractivity contribution in [2.24, 2.45) is 0 Å². The molecule has 0 heterocycles. The number of rotatable bonds is 6. The third-order valence-corrected chi connectivity index (χ3v) is 4.87. The Morgan fingerprint density at radius 3 is 2.35 bits per heavy atom. The van der Waals surface area contributed by atoms with E-state index >= 15 is 0 Å². The van der Waals surface area contributed by atoms with Crippen molar-refractivity contribution in [3.63, 3.8) is 0 Å². The number of aliphatic hydroxyl groups excluding tert-OH is 1. The van der Waals surface area contributed by atoms with Crippen LogP contribution in [0.5, 0.6) is 5.75 Å². The van der Waals surface area contributed by atoms with Crippen molar-refractivity contribution in [1.82, 2.24) is 0 Å². The molecule has 0 aliphatic carbocycles. The van der Waals surface area contributed by atoms with Crippen LogP contribution in [0.2, 0.25) is 0 Å². The Balaban J connectivity index is 2.09. The van der Waals surface area contributed by atoms with Gasteiger partial charge >= 0.3 is 0 Å². The summed E-state index contributed by atoms with van der Waals surface area (Å²) in [5, 5.41) is 9.97. The number of ether oxygens (including phenoxy) is 1. The second-order valence-electron chi connectivity index (χ2n) is 5.09. The van der Waals surface area contributed by atoms with Crippen LogP contribution in [-0.4, -0.2) is 26.4 Å². The molecule has 0 radical (unpaired) electrons. The van der Waals surface area contributed by atoms with Gasteiger partial charge in [0.25, 0.3) is 0 Å². The molecule has 0 fully saturated rings. The van der Waals surface area contributed by atoms with Crippen molar-refractivity contribution in [1.29, 1.82) is 0 Å². The normalized spacial score (nSPS) is 12.9. The minimum atomic E-state index is -3.68. The Hall–Kier alpha value is -1.99. The molecule has 0 saturated heterocycles. The molecular weight excluding hydrogens is 326 g/mol. The van der Waals surface area contributed by atoms with Gasteiger partial charge in [-0.3, -0.25) is 0 Å². The van der Waals surface area contributed by atoms with Crippen molar-refractivity contribution < 1.29 is 27.0 Å². The highest BCUT2D eigenvalue weighted by atomic mass is 32.2. The lowest BCUT2D eigenvalue weighted by molar-refractivity contribution is 0.201. The number of sulfone groups is 1. The zero-order valence-electron chi connectivity index (χ0n) is 12.4. The van der Waals surface area contributed by atoms with Crippen LogP contribution in [-0.2, 0) is 15.6 Å². The second kappa shape index (κ2) is 7.06. The highest BCUT2D eigenvalue weighted by molar-refractivity contribution is 7.90. The van der Waals surface area contributed by atoms with Gasteiger partial charge in [-0.05, 0) is 35.4 Å². The SMILES string of the molecule is COc1ccc(CS(=O)(=O)CC(O)c2ccc(F)cc2)cc1F. The summed E-state index contributed by atoms with van der Waals surface area (Å²) in [7, 11) is -2.37. The maximum atomic E-state index is 13.6. The van der Waals surface area contributed by atoms with Crippen molar-refractivity contribution >= 4 is 9.84 Å². The number of methoxy groups -OCH3 is 1. The molecule has 2 aromatic carbocycles. The quantitative estimate of drug-likeness (QED) is 0.876. The Kier molecular flexibility index (Phi) is 5.33. The fraction of sp³-hybridized carbons (Fsp3) is 0.250. The van der Waals surface area contributed by atoms with Gasteiger partial charge in [0.2, 0.25) is 0 Å². The Morgan fingerprint density at radius 2 is 1.78 bits per heavy atom. The van der Waals surface area contributed by atoms with Crippen molar-refractivity contribution in [2.75, 3.05) is 12.9 Å². The highest BCUT2D eigenvalue weighted by Crippen LogP contribution is 2.21. The summed E-state index contributed by atoms with van der Waals surface area (Å²) in [6.07, 6.45) is -1.27. The van der Waals surface area contributed by atoms with E-state index in [1.807, 2.05) is 0 Å². The first-order chi connectivity index (χ1) is 10.8. The maximum Gasteiger partial charge on any atom is 0.165 e. The molecule has 7 heteroatoms. The Bertz CT molecular complexity index is 773. The van der Waals surface area contributed by atoms with Crippen LogP contribution < -0.4 is 4.74 Å². The zero-order valence-corrected chi connectivity index (χ0v) is 13.2. The van der Waals surface area contributed by atoms with Gasteiger partial charge in [0.1, 0.15) is 5.82 Å². The largest absolute Gasteiger partial charge is 0.494 e. The number of aliphatic hydroxyl groups is 1. The summed E-state index contributed by atoms with van der Waals surface area (Å²) in [6.45, 7) is 0. The molecule has 23 heavy (non-hydrogen) atoms. The van der Waals surface area contributed by atoms with Crippen LogP contribution in [0, 0.1) is 11.6 Å². The van der Waals surface area contributed by atoms with Crippen LogP contribution in [0.4, 0.5) is 8.78 Å². The minimum Gasteiger partial charge on any atom is -0.494 e. The lowest BCUT2D eigenvalue weighted by Crippen LogP contribution is -2.16. The predicted octanol–water partition coefficient (Wildman–Crippen LogP) is 2.62. The van der Waals surface area contributed by atoms with Gasteiger partial charge in [0.15, 0.2) is 21.4 Å². The summed E-state index contributed by atoms with van der Waals surface area (Å²) < 4.78 is 55.4. The van der Waals surface area contributed by atoms with Gasteiger partial charge < -0.3 is 9.84 Å². The molecule has 1 atom stereocenters. The summed E-state index contributed by atoms with van der Waals surface area (Å²) in [6, 6.07) is 8.81. The van der Waals surface area contributed by atoms with Crippen LogP contribution >= 0.6 is 0 Å². The topological polar surface area (TPSA) is 63.6 Å². The molecule has 0 bridgehead atoms. The monoisotopic (exact) mass is 342 g/mol. The fourth-order valence-corrected chi connectivity index (χ4v) is 3.61. The highest BCUT2D eigenvalue weighted by Gasteiger charge is 2.20. The first kappa shape index (κ1) is 17.4. The predicted molar refractivity (Wildman–Crippen MR) is 81.8 cm³/mol. The number of hydrogen-bond donors (Lipinski definition) is 1. The lowest BCUT2D eigenvalue weighted by atomic mass is 10.1. The molecular formula is C16H16F2O4S. The van der Waals surface area contributed by atoms with Gasteiger partial charge in [-0.25, -0.2) is 17.2 Å². The molecule has 0 amide bonds. The van der Waals surface area contributed by atoms with Gasteiger partial charge in [0.05, 0.1) is 24.7 Å². The van der Waals surface area contributed by atoms with E-state index < -0.39 is 39.1 Å². The summed E-state index contributed by atoms with van der Waals surface area (Å²) in [5.41, 5.74) is 0.561. The molecule has 0 aliphatic heterocycles. The van der Waals surface area contributed by atoms with E-state index in [-0.39, 0.29) is 11.3 Å². The molecule has 0 aliphatic rings. The van der Waals surface area contributed by atoms with E-state index in [0.717, 1.165) is 18.2 Å². The first-order valence-electron chi connectivity index (χ1n) is 6.77. The molecule has 4 nitrogen and oxygen atoms in total. The molecule has 2 rings (SSSR count). The third kappa shape index (κ3) is 4.74. The van der Waals surface area contributed by atoms with Gasteiger partial charge in [-0.1, -0.05) is 18.2 Å². The van der Waals surface area contributed by atoms with Crippen molar-refractivity contribution in [3.05, 3.63) is 65.2 Å². The standard InChI is InChI=1S/C16H16F2O4S/c1-22-16-7-2-11(8-14(16)18)9-23(20,21)10-15(19)12-3-5-13(17)6-4-12/h2-8,15,19H,9-10H2,1H3. The number of halogens is 2. The molecule has 0 aromatic heterocycles. The van der Waals surface area contributed by atoms with Crippen LogP contribution in [0.15, 0.2) is 42.5 Å². The molecule has 1 unspecified atom stereocenters. The maximum absolute atomic E-state index is 13.6. The van der Waals surface area contributed by atoms with E-state index in [4.69, 9.17) is 4.74 Å². The molecule has 2 aromatic rings. The smallest absolute Gasteiger partial charge is 0.165 e. The third-order valence-electron chi connectivity index (χ3n) is 3.27. The van der Waals surface area contributed by atoms with E-state index in [1.165, 1.54) is 31.4 Å². The first-order valence-corrected chi connectivity index (χ1v) is 8.59. The number of hydrogen-bond acceptors (Lipinski definition) is 4. The van der Waals surface area contributed by atoms with E-state index in [9.17, 15) is 22.3 Å². The number of benzene rings is 2.